The SMILES string of the molecule is COc1cc(/C=N/NP(=S)(c2ccccc2)c2ccccc2)ccc1O. The van der Waals surface area contributed by atoms with Crippen LogP contribution in [0, 0.1) is 0 Å². The summed E-state index contributed by atoms with van der Waals surface area (Å²) >= 11 is 6.04. The number of benzene rings is 3. The highest BCUT2D eigenvalue weighted by atomic mass is 32.4. The van der Waals surface area contributed by atoms with Crippen molar-refractivity contribution in [2.24, 2.45) is 5.10 Å². The Balaban J connectivity index is 1.91. The number of hydrogen-bond donors (Lipinski definition) is 2. The molecule has 0 aliphatic carbocycles. The summed E-state index contributed by atoms with van der Waals surface area (Å²) in [5, 5.41) is 19.4. The van der Waals surface area contributed by atoms with Crippen molar-refractivity contribution < 1.29 is 9.84 Å². The molecule has 0 spiro atoms. The Labute approximate surface area is 158 Å². The lowest BCUT2D eigenvalue weighted by Gasteiger charge is -2.22. The lowest BCUT2D eigenvalue weighted by molar-refractivity contribution is 0.373. The van der Waals surface area contributed by atoms with E-state index in [1.165, 1.54) is 7.11 Å². The highest BCUT2D eigenvalue weighted by Gasteiger charge is 2.21. The molecule has 0 radical (unpaired) electrons. The van der Waals surface area contributed by atoms with Crippen molar-refractivity contribution in [2.75, 3.05) is 7.11 Å². The summed E-state index contributed by atoms with van der Waals surface area (Å²) in [5.74, 6) is 0.496. The predicted molar refractivity (Wildman–Crippen MR) is 112 cm³/mol. The summed E-state index contributed by atoms with van der Waals surface area (Å²) in [6.07, 6.45) is -0.609. The molecule has 0 aliphatic rings. The molecular weight excluding hydrogens is 363 g/mol. The van der Waals surface area contributed by atoms with E-state index in [0.29, 0.717) is 5.75 Å². The number of methoxy groups -OCH3 is 1. The zero-order valence-electron chi connectivity index (χ0n) is 14.2. The van der Waals surface area contributed by atoms with Gasteiger partial charge in [0.1, 0.15) is 6.19 Å². The summed E-state index contributed by atoms with van der Waals surface area (Å²) in [5.41, 5.74) is 0.801. The van der Waals surface area contributed by atoms with Gasteiger partial charge in [-0.25, -0.2) is 0 Å². The first-order valence-corrected chi connectivity index (χ1v) is 10.8. The number of aromatic hydroxyl groups is 1. The van der Waals surface area contributed by atoms with E-state index < -0.39 is 6.19 Å². The summed E-state index contributed by atoms with van der Waals surface area (Å²) in [6.45, 7) is 0. The average Bonchev–Trinajstić information content (AvgIpc) is 2.70. The van der Waals surface area contributed by atoms with Gasteiger partial charge >= 0.3 is 0 Å². The monoisotopic (exact) mass is 382 g/mol. The van der Waals surface area contributed by atoms with Gasteiger partial charge in [-0.2, -0.15) is 5.10 Å². The lowest BCUT2D eigenvalue weighted by atomic mass is 10.2. The maximum Gasteiger partial charge on any atom is 0.161 e. The standard InChI is InChI=1S/C20H19N2O2PS/c1-24-20-14-16(12-13-19(20)23)15-21-22-25(26,17-8-4-2-5-9-17)18-10-6-3-7-11-18/h2-15,23H,1H3,(H,22,26)/b21-15+. The number of phenols is 1. The molecule has 0 heterocycles. The van der Waals surface area contributed by atoms with Gasteiger partial charge in [0.05, 0.1) is 13.3 Å². The van der Waals surface area contributed by atoms with Crippen LogP contribution in [0.4, 0.5) is 0 Å². The molecule has 4 nitrogen and oxygen atoms in total. The van der Waals surface area contributed by atoms with Crippen LogP contribution in [0.5, 0.6) is 11.5 Å². The van der Waals surface area contributed by atoms with Gasteiger partial charge in [0.2, 0.25) is 0 Å². The number of hydrazone groups is 1. The minimum Gasteiger partial charge on any atom is -0.504 e. The summed E-state index contributed by atoms with van der Waals surface area (Å²) in [6, 6.07) is 25.0. The van der Waals surface area contributed by atoms with Crippen molar-refractivity contribution in [3.05, 3.63) is 84.4 Å². The smallest absolute Gasteiger partial charge is 0.161 e. The van der Waals surface area contributed by atoms with Crippen LogP contribution in [0.3, 0.4) is 0 Å². The van der Waals surface area contributed by atoms with E-state index >= 15 is 0 Å². The zero-order chi connectivity index (χ0) is 18.4. The fourth-order valence-corrected chi connectivity index (χ4v) is 5.30. The van der Waals surface area contributed by atoms with Crippen molar-refractivity contribution in [1.29, 1.82) is 0 Å². The molecular formula is C20H19N2O2PS. The van der Waals surface area contributed by atoms with Gasteiger partial charge in [0, 0.05) is 10.6 Å². The Morgan fingerprint density at radius 2 is 1.54 bits per heavy atom. The molecule has 132 valence electrons. The van der Waals surface area contributed by atoms with E-state index in [4.69, 9.17) is 16.5 Å². The number of hydrogen-bond acceptors (Lipinski definition) is 4. The highest BCUT2D eigenvalue weighted by Crippen LogP contribution is 2.38. The maximum absolute atomic E-state index is 9.69. The maximum atomic E-state index is 9.69. The molecule has 0 aliphatic heterocycles. The molecule has 0 saturated carbocycles. The van der Waals surface area contributed by atoms with Crippen molar-refractivity contribution in [2.45, 2.75) is 0 Å². The third-order valence-corrected chi connectivity index (χ3v) is 7.81. The average molecular weight is 382 g/mol. The van der Waals surface area contributed by atoms with Crippen LogP contribution in [0.2, 0.25) is 0 Å². The number of nitrogens with one attached hydrogen (secondary N) is 1. The van der Waals surface area contributed by atoms with Gasteiger partial charge in [0.25, 0.3) is 0 Å². The molecule has 0 amide bonds. The van der Waals surface area contributed by atoms with Crippen molar-refractivity contribution in [3.8, 4) is 11.5 Å². The predicted octanol–water partition coefficient (Wildman–Crippen LogP) is 3.37. The Morgan fingerprint density at radius 1 is 0.962 bits per heavy atom. The first-order chi connectivity index (χ1) is 12.6. The third kappa shape index (κ3) is 3.96. The molecule has 0 aromatic heterocycles. The molecule has 6 heteroatoms. The van der Waals surface area contributed by atoms with E-state index in [1.54, 1.807) is 24.4 Å². The van der Waals surface area contributed by atoms with Crippen molar-refractivity contribution in [3.63, 3.8) is 0 Å². The van der Waals surface area contributed by atoms with E-state index in [1.807, 2.05) is 60.7 Å². The summed E-state index contributed by atoms with van der Waals surface area (Å²) < 4.78 is 5.13. The largest absolute Gasteiger partial charge is 0.504 e. The minimum atomic E-state index is -2.28. The van der Waals surface area contributed by atoms with Crippen molar-refractivity contribution >= 4 is 34.8 Å². The van der Waals surface area contributed by atoms with Crippen LogP contribution >= 0.6 is 6.19 Å². The van der Waals surface area contributed by atoms with Crippen LogP contribution < -0.4 is 20.5 Å². The summed E-state index contributed by atoms with van der Waals surface area (Å²) in [4.78, 5) is 0. The van der Waals surface area contributed by atoms with Gasteiger partial charge in [-0.3, -0.25) is 5.20 Å². The molecule has 3 rings (SSSR count). The second kappa shape index (κ2) is 8.17. The Bertz CT molecular complexity index is 903. The minimum absolute atomic E-state index is 0.0938. The van der Waals surface area contributed by atoms with E-state index in [2.05, 4.69) is 10.3 Å². The Kier molecular flexibility index (Phi) is 5.71. The van der Waals surface area contributed by atoms with Crippen LogP contribution in [-0.2, 0) is 11.8 Å². The quantitative estimate of drug-likeness (QED) is 0.390. The molecule has 26 heavy (non-hydrogen) atoms. The van der Waals surface area contributed by atoms with E-state index in [-0.39, 0.29) is 5.75 Å². The third-order valence-electron chi connectivity index (χ3n) is 3.86. The molecule has 0 fully saturated rings. The first-order valence-electron chi connectivity index (χ1n) is 8.02. The second-order valence-electron chi connectivity index (χ2n) is 5.57. The van der Waals surface area contributed by atoms with Crippen LogP contribution in [0.25, 0.3) is 0 Å². The molecule has 0 saturated heterocycles. The fraction of sp³-hybridized carbons (Fsp3) is 0.0500. The summed E-state index contributed by atoms with van der Waals surface area (Å²) in [7, 11) is 1.51. The van der Waals surface area contributed by atoms with Crippen LogP contribution in [0.15, 0.2) is 84.0 Å². The van der Waals surface area contributed by atoms with Gasteiger partial charge in [-0.05, 0) is 23.8 Å². The topological polar surface area (TPSA) is 53.8 Å². The second-order valence-corrected chi connectivity index (χ2v) is 9.66. The highest BCUT2D eigenvalue weighted by molar-refractivity contribution is 8.20. The molecule has 0 bridgehead atoms. The van der Waals surface area contributed by atoms with Gasteiger partial charge in [0.15, 0.2) is 11.5 Å². The molecule has 0 atom stereocenters. The Morgan fingerprint density at radius 3 is 2.08 bits per heavy atom. The molecule has 3 aromatic carbocycles. The first kappa shape index (κ1) is 18.2. The van der Waals surface area contributed by atoms with E-state index in [9.17, 15) is 5.11 Å². The fourth-order valence-electron chi connectivity index (χ4n) is 2.50. The lowest BCUT2D eigenvalue weighted by Crippen LogP contribution is -2.24. The number of ether oxygens (including phenoxy) is 1. The van der Waals surface area contributed by atoms with Gasteiger partial charge < -0.3 is 9.84 Å². The Hall–Kier alpha value is -2.62. The number of nitrogens with zero attached hydrogens (tertiary/aromatic N) is 1. The molecule has 2 N–H and O–H groups in total. The zero-order valence-corrected chi connectivity index (χ0v) is 16.0. The number of rotatable bonds is 6. The van der Waals surface area contributed by atoms with Gasteiger partial charge in [-0.1, -0.05) is 72.5 Å². The van der Waals surface area contributed by atoms with E-state index in [0.717, 1.165) is 16.2 Å². The van der Waals surface area contributed by atoms with Crippen LogP contribution in [-0.4, -0.2) is 18.4 Å². The number of phenolic OH excluding ortho intramolecular Hbond substituents is 1. The molecule has 0 unspecified atom stereocenters. The van der Waals surface area contributed by atoms with Gasteiger partial charge in [-0.15, -0.1) is 0 Å². The molecule has 3 aromatic rings. The normalized spacial score (nSPS) is 11.4. The van der Waals surface area contributed by atoms with Crippen molar-refractivity contribution in [1.82, 2.24) is 5.20 Å². The van der Waals surface area contributed by atoms with Crippen LogP contribution in [0.1, 0.15) is 5.56 Å².